The van der Waals surface area contributed by atoms with Crippen LogP contribution in [0.5, 0.6) is 0 Å². The first kappa shape index (κ1) is 11.6. The zero-order valence-corrected chi connectivity index (χ0v) is 11.1. The van der Waals surface area contributed by atoms with Gasteiger partial charge in [-0.2, -0.15) is 0 Å². The van der Waals surface area contributed by atoms with Crippen LogP contribution in [0.1, 0.15) is 11.3 Å². The molecule has 0 spiro atoms. The smallest absolute Gasteiger partial charge is 0.136 e. The zero-order valence-electron chi connectivity index (χ0n) is 8.76. The summed E-state index contributed by atoms with van der Waals surface area (Å²) in [4.78, 5) is 0. The summed E-state index contributed by atoms with van der Waals surface area (Å²) in [7, 11) is 0. The van der Waals surface area contributed by atoms with E-state index in [0.717, 1.165) is 26.5 Å². The predicted molar refractivity (Wildman–Crippen MR) is 69.9 cm³/mol. The van der Waals surface area contributed by atoms with E-state index in [1.807, 2.05) is 31.2 Å². The molecule has 0 unspecified atom stereocenters. The molecule has 0 fully saturated rings. The van der Waals surface area contributed by atoms with Gasteiger partial charge in [-0.3, -0.25) is 0 Å². The first-order valence-corrected chi connectivity index (χ1v) is 6.06. The van der Waals surface area contributed by atoms with Crippen LogP contribution in [0, 0.1) is 6.92 Å². The number of rotatable bonds is 3. The Morgan fingerprint density at radius 2 is 2.19 bits per heavy atom. The van der Waals surface area contributed by atoms with E-state index in [-0.39, 0.29) is 0 Å². The van der Waals surface area contributed by atoms with E-state index >= 15 is 0 Å². The number of benzene rings is 1. The Morgan fingerprint density at radius 1 is 1.38 bits per heavy atom. The number of hydrogen-bond donors (Lipinski definition) is 1. The topological polar surface area (TPSA) is 25.2 Å². The largest absolute Gasteiger partial charge is 0.466 e. The van der Waals surface area contributed by atoms with Crippen LogP contribution >= 0.6 is 27.5 Å². The molecule has 0 aliphatic heterocycles. The summed E-state index contributed by atoms with van der Waals surface area (Å²) >= 11 is 9.44. The highest BCUT2D eigenvalue weighted by Crippen LogP contribution is 2.22. The first-order chi connectivity index (χ1) is 7.66. The third kappa shape index (κ3) is 2.60. The van der Waals surface area contributed by atoms with Gasteiger partial charge in [0.25, 0.3) is 0 Å². The van der Waals surface area contributed by atoms with E-state index in [0.29, 0.717) is 6.54 Å². The zero-order chi connectivity index (χ0) is 11.5. The van der Waals surface area contributed by atoms with Gasteiger partial charge < -0.3 is 9.73 Å². The Kier molecular flexibility index (Phi) is 3.56. The molecule has 0 aliphatic rings. The van der Waals surface area contributed by atoms with Crippen LogP contribution in [-0.4, -0.2) is 0 Å². The lowest BCUT2D eigenvalue weighted by Gasteiger charge is -2.06. The molecule has 1 N–H and O–H groups in total. The third-order valence-electron chi connectivity index (χ3n) is 2.32. The minimum atomic E-state index is 0.632. The molecule has 16 heavy (non-hydrogen) atoms. The second kappa shape index (κ2) is 4.93. The molecule has 2 aromatic rings. The monoisotopic (exact) mass is 299 g/mol. The van der Waals surface area contributed by atoms with Crippen LogP contribution < -0.4 is 5.32 Å². The molecule has 0 radical (unpaired) electrons. The van der Waals surface area contributed by atoms with E-state index in [1.165, 1.54) is 0 Å². The van der Waals surface area contributed by atoms with E-state index in [2.05, 4.69) is 21.2 Å². The molecule has 84 valence electrons. The molecular weight excluding hydrogens is 289 g/mol. The number of furan rings is 1. The standard InChI is InChI=1S/C12H11BrClNO/c1-8-2-3-9(6-11(8)14)15-7-12-10(13)4-5-16-12/h2-6,15H,7H2,1H3. The fourth-order valence-corrected chi connectivity index (χ4v) is 1.86. The van der Waals surface area contributed by atoms with Crippen molar-refractivity contribution in [2.45, 2.75) is 13.5 Å². The summed E-state index contributed by atoms with van der Waals surface area (Å²) in [6.07, 6.45) is 1.66. The van der Waals surface area contributed by atoms with Gasteiger partial charge in [0, 0.05) is 10.7 Å². The fraction of sp³-hybridized carbons (Fsp3) is 0.167. The normalized spacial score (nSPS) is 10.4. The van der Waals surface area contributed by atoms with E-state index < -0.39 is 0 Å². The molecule has 1 aromatic carbocycles. The van der Waals surface area contributed by atoms with Crippen LogP contribution in [-0.2, 0) is 6.54 Å². The number of halogens is 2. The average Bonchev–Trinajstić information content (AvgIpc) is 2.66. The maximum Gasteiger partial charge on any atom is 0.136 e. The summed E-state index contributed by atoms with van der Waals surface area (Å²) in [6.45, 7) is 2.61. The van der Waals surface area contributed by atoms with E-state index in [9.17, 15) is 0 Å². The maximum atomic E-state index is 6.03. The first-order valence-electron chi connectivity index (χ1n) is 4.88. The molecule has 1 aromatic heterocycles. The lowest BCUT2D eigenvalue weighted by Crippen LogP contribution is -1.98. The maximum absolute atomic E-state index is 6.03. The minimum Gasteiger partial charge on any atom is -0.466 e. The Hall–Kier alpha value is -0.930. The molecule has 1 heterocycles. The van der Waals surface area contributed by atoms with Crippen LogP contribution in [0.15, 0.2) is 39.4 Å². The molecule has 0 atom stereocenters. The number of anilines is 1. The van der Waals surface area contributed by atoms with Crippen LogP contribution in [0.3, 0.4) is 0 Å². The summed E-state index contributed by atoms with van der Waals surface area (Å²) in [6, 6.07) is 7.77. The van der Waals surface area contributed by atoms with Crippen molar-refractivity contribution in [3.8, 4) is 0 Å². The predicted octanol–water partition coefficient (Wildman–Crippen LogP) is 4.62. The molecule has 0 bridgehead atoms. The Bertz CT molecular complexity index is 496. The lowest BCUT2D eigenvalue weighted by atomic mass is 10.2. The summed E-state index contributed by atoms with van der Waals surface area (Å²) in [5.41, 5.74) is 2.06. The summed E-state index contributed by atoms with van der Waals surface area (Å²) in [5.74, 6) is 0.872. The summed E-state index contributed by atoms with van der Waals surface area (Å²) in [5, 5.41) is 4.01. The van der Waals surface area contributed by atoms with Gasteiger partial charge in [-0.25, -0.2) is 0 Å². The van der Waals surface area contributed by atoms with Crippen molar-refractivity contribution in [2.24, 2.45) is 0 Å². The molecule has 0 aliphatic carbocycles. The van der Waals surface area contributed by atoms with E-state index in [4.69, 9.17) is 16.0 Å². The average molecular weight is 301 g/mol. The van der Waals surface area contributed by atoms with Crippen LogP contribution in [0.4, 0.5) is 5.69 Å². The van der Waals surface area contributed by atoms with Crippen molar-refractivity contribution in [2.75, 3.05) is 5.32 Å². The lowest BCUT2D eigenvalue weighted by molar-refractivity contribution is 0.516. The van der Waals surface area contributed by atoms with Crippen LogP contribution in [0.25, 0.3) is 0 Å². The van der Waals surface area contributed by atoms with Crippen molar-refractivity contribution in [1.29, 1.82) is 0 Å². The molecule has 0 saturated carbocycles. The highest BCUT2D eigenvalue weighted by molar-refractivity contribution is 9.10. The van der Waals surface area contributed by atoms with Crippen LogP contribution in [0.2, 0.25) is 5.02 Å². The second-order valence-electron chi connectivity index (χ2n) is 3.51. The van der Waals surface area contributed by atoms with Gasteiger partial charge in [-0.15, -0.1) is 0 Å². The van der Waals surface area contributed by atoms with Gasteiger partial charge in [0.05, 0.1) is 17.3 Å². The molecule has 2 rings (SSSR count). The van der Waals surface area contributed by atoms with Gasteiger partial charge in [0.2, 0.25) is 0 Å². The highest BCUT2D eigenvalue weighted by Gasteiger charge is 2.03. The second-order valence-corrected chi connectivity index (χ2v) is 4.77. The minimum absolute atomic E-state index is 0.632. The molecule has 4 heteroatoms. The van der Waals surface area contributed by atoms with Gasteiger partial charge in [0.15, 0.2) is 0 Å². The molecule has 0 saturated heterocycles. The van der Waals surface area contributed by atoms with Gasteiger partial charge >= 0.3 is 0 Å². The Balaban J connectivity index is 2.05. The quantitative estimate of drug-likeness (QED) is 0.895. The fourth-order valence-electron chi connectivity index (χ4n) is 1.34. The van der Waals surface area contributed by atoms with Gasteiger partial charge in [-0.1, -0.05) is 17.7 Å². The third-order valence-corrected chi connectivity index (χ3v) is 3.43. The SMILES string of the molecule is Cc1ccc(NCc2occc2Br)cc1Cl. The Morgan fingerprint density at radius 3 is 2.81 bits per heavy atom. The van der Waals surface area contributed by atoms with Gasteiger partial charge in [-0.05, 0) is 46.6 Å². The van der Waals surface area contributed by atoms with E-state index in [1.54, 1.807) is 6.26 Å². The van der Waals surface area contributed by atoms with Crippen molar-refractivity contribution in [1.82, 2.24) is 0 Å². The highest BCUT2D eigenvalue weighted by atomic mass is 79.9. The molecular formula is C12H11BrClNO. The summed E-state index contributed by atoms with van der Waals surface area (Å²) < 4.78 is 6.27. The van der Waals surface area contributed by atoms with Crippen molar-refractivity contribution in [3.63, 3.8) is 0 Å². The molecule has 2 nitrogen and oxygen atoms in total. The number of nitrogens with one attached hydrogen (secondary N) is 1. The van der Waals surface area contributed by atoms with Crippen molar-refractivity contribution >= 4 is 33.2 Å². The van der Waals surface area contributed by atoms with Gasteiger partial charge in [0.1, 0.15) is 5.76 Å². The number of aryl methyl sites for hydroxylation is 1. The Labute approximate surface area is 108 Å². The number of hydrogen-bond acceptors (Lipinski definition) is 2. The van der Waals surface area contributed by atoms with Crippen molar-refractivity contribution in [3.05, 3.63) is 51.3 Å². The van der Waals surface area contributed by atoms with Crippen molar-refractivity contribution < 1.29 is 4.42 Å². The molecule has 0 amide bonds.